The van der Waals surface area contributed by atoms with E-state index in [1.165, 1.54) is 46.1 Å². The average molecular weight is 679 g/mol. The number of nitrogens with one attached hydrogen (secondary N) is 1. The predicted molar refractivity (Wildman–Crippen MR) is 168 cm³/mol. The summed E-state index contributed by atoms with van der Waals surface area (Å²) in [5, 5.41) is 15.7. The first-order valence-electron chi connectivity index (χ1n) is 14.9. The molecule has 46 heavy (non-hydrogen) atoms. The zero-order valence-corrected chi connectivity index (χ0v) is 26.2. The summed E-state index contributed by atoms with van der Waals surface area (Å²) in [7, 11) is 0. The Balaban J connectivity index is 1.15. The van der Waals surface area contributed by atoms with Crippen LogP contribution < -0.4 is 10.9 Å². The van der Waals surface area contributed by atoms with Crippen LogP contribution in [0.4, 0.5) is 13.2 Å². The van der Waals surface area contributed by atoms with Crippen LogP contribution >= 0.6 is 23.2 Å². The standard InChI is InChI=1S/C32H32Cl2F3N5O4/c33-25-14-21(6-7-22(25)26-17-46-13-10-38-26)42-27(34)15-23-29(42)39-19-41(30(23)44)18-31(45)8-11-40(12-9-31)28(43)16-24(32(35,36)37)20-4-2-1-3-5-20/h1-7,14-15,19,24,26,38,45H,8-13,16-18H2/t24?,26-/m0/s1. The molecule has 2 N–H and O–H groups in total. The van der Waals surface area contributed by atoms with Crippen LogP contribution in [0.3, 0.4) is 0 Å². The third-order valence-electron chi connectivity index (χ3n) is 8.77. The fourth-order valence-corrected chi connectivity index (χ4v) is 6.80. The highest BCUT2D eigenvalue weighted by atomic mass is 35.5. The normalized spacial score (nSPS) is 19.3. The Bertz CT molecular complexity index is 1780. The van der Waals surface area contributed by atoms with Crippen LogP contribution in [0.1, 0.15) is 42.3 Å². The molecule has 2 atom stereocenters. The fourth-order valence-electron chi connectivity index (χ4n) is 6.21. The first-order valence-corrected chi connectivity index (χ1v) is 15.7. The van der Waals surface area contributed by atoms with Crippen molar-refractivity contribution in [3.05, 3.63) is 92.6 Å². The maximum absolute atomic E-state index is 13.8. The minimum absolute atomic E-state index is 0.0278. The largest absolute Gasteiger partial charge is 0.396 e. The van der Waals surface area contributed by atoms with Gasteiger partial charge >= 0.3 is 6.18 Å². The average Bonchev–Trinajstić information content (AvgIpc) is 3.38. The number of aromatic nitrogens is 3. The summed E-state index contributed by atoms with van der Waals surface area (Å²) in [5.41, 5.74) is 0.0565. The Labute approximate surface area is 272 Å². The van der Waals surface area contributed by atoms with Gasteiger partial charge in [0, 0.05) is 36.8 Å². The SMILES string of the molecule is O=C(CC(c1ccccc1)C(F)(F)F)N1CCC(O)(Cn2cnc3c(cc(Cl)n3-c3ccc([C@@H]4COCCN4)c(Cl)c3)c2=O)CC1. The van der Waals surface area contributed by atoms with Gasteiger partial charge in [-0.15, -0.1) is 0 Å². The van der Waals surface area contributed by atoms with Gasteiger partial charge in [0.25, 0.3) is 5.56 Å². The van der Waals surface area contributed by atoms with Gasteiger partial charge in [0.1, 0.15) is 11.5 Å². The van der Waals surface area contributed by atoms with Crippen LogP contribution in [-0.4, -0.2) is 74.7 Å². The number of hydrogen-bond donors (Lipinski definition) is 2. The summed E-state index contributed by atoms with van der Waals surface area (Å²) in [6, 6.07) is 14.3. The number of carbonyl (C=O) groups is 1. The molecule has 1 unspecified atom stereocenters. The van der Waals surface area contributed by atoms with E-state index in [2.05, 4.69) is 10.3 Å². The van der Waals surface area contributed by atoms with E-state index in [1.807, 2.05) is 12.1 Å². The Hall–Kier alpha value is -3.42. The minimum Gasteiger partial charge on any atom is -0.388 e. The van der Waals surface area contributed by atoms with Crippen molar-refractivity contribution >= 4 is 40.1 Å². The van der Waals surface area contributed by atoms with Crippen molar-refractivity contribution in [3.63, 3.8) is 0 Å². The lowest BCUT2D eigenvalue weighted by Gasteiger charge is -2.39. The van der Waals surface area contributed by atoms with Crippen LogP contribution in [0.25, 0.3) is 16.7 Å². The Morgan fingerprint density at radius 2 is 1.87 bits per heavy atom. The van der Waals surface area contributed by atoms with E-state index in [1.54, 1.807) is 16.7 Å². The number of halogens is 5. The number of benzene rings is 2. The number of ether oxygens (including phenoxy) is 1. The van der Waals surface area contributed by atoms with E-state index in [9.17, 15) is 27.9 Å². The van der Waals surface area contributed by atoms with Crippen LogP contribution in [0.5, 0.6) is 0 Å². The molecule has 4 aromatic rings. The Morgan fingerprint density at radius 1 is 1.13 bits per heavy atom. The smallest absolute Gasteiger partial charge is 0.388 e. The molecule has 1 amide bonds. The van der Waals surface area contributed by atoms with E-state index in [4.69, 9.17) is 27.9 Å². The number of alkyl halides is 3. The number of morpholine rings is 1. The summed E-state index contributed by atoms with van der Waals surface area (Å²) in [6.45, 7) is 1.86. The Morgan fingerprint density at radius 3 is 2.52 bits per heavy atom. The highest BCUT2D eigenvalue weighted by molar-refractivity contribution is 6.32. The second-order valence-corrected chi connectivity index (χ2v) is 12.6. The fraction of sp³-hybridized carbons (Fsp3) is 0.406. The van der Waals surface area contributed by atoms with E-state index in [-0.39, 0.29) is 54.6 Å². The molecule has 6 rings (SSSR count). The van der Waals surface area contributed by atoms with Gasteiger partial charge in [-0.3, -0.25) is 18.7 Å². The van der Waals surface area contributed by atoms with Crippen molar-refractivity contribution in [2.75, 3.05) is 32.8 Å². The van der Waals surface area contributed by atoms with Gasteiger partial charge in [0.05, 0.1) is 42.7 Å². The molecule has 0 radical (unpaired) electrons. The summed E-state index contributed by atoms with van der Waals surface area (Å²) < 4.78 is 49.9. The number of aliphatic hydroxyl groups is 1. The molecule has 14 heteroatoms. The number of fused-ring (bicyclic) bond motifs is 1. The van der Waals surface area contributed by atoms with Gasteiger partial charge in [0.15, 0.2) is 5.65 Å². The number of nitrogens with zero attached hydrogens (tertiary/aromatic N) is 4. The third-order valence-corrected chi connectivity index (χ3v) is 9.37. The predicted octanol–water partition coefficient (Wildman–Crippen LogP) is 5.24. The zero-order valence-electron chi connectivity index (χ0n) is 24.6. The zero-order chi connectivity index (χ0) is 32.6. The summed E-state index contributed by atoms with van der Waals surface area (Å²) in [5.74, 6) is -2.56. The molecular formula is C32H32Cl2F3N5O4. The van der Waals surface area contributed by atoms with Crippen LogP contribution in [0.15, 0.2) is 65.7 Å². The molecule has 2 saturated heterocycles. The quantitative estimate of drug-likeness (QED) is 0.277. The van der Waals surface area contributed by atoms with Crippen molar-refractivity contribution < 1.29 is 27.8 Å². The highest BCUT2D eigenvalue weighted by Crippen LogP contribution is 2.38. The first kappa shape index (κ1) is 32.5. The van der Waals surface area contributed by atoms with E-state index in [0.29, 0.717) is 29.6 Å². The molecule has 0 spiro atoms. The van der Waals surface area contributed by atoms with Gasteiger partial charge in [-0.2, -0.15) is 13.2 Å². The molecule has 0 aliphatic carbocycles. The van der Waals surface area contributed by atoms with E-state index in [0.717, 1.165) is 12.1 Å². The third kappa shape index (κ3) is 6.68. The Kier molecular flexibility index (Phi) is 9.19. The maximum Gasteiger partial charge on any atom is 0.396 e. The highest BCUT2D eigenvalue weighted by Gasteiger charge is 2.43. The minimum atomic E-state index is -4.58. The lowest BCUT2D eigenvalue weighted by Crippen LogP contribution is -2.50. The summed E-state index contributed by atoms with van der Waals surface area (Å²) in [4.78, 5) is 32.3. The monoisotopic (exact) mass is 677 g/mol. The summed E-state index contributed by atoms with van der Waals surface area (Å²) in [6.07, 6.45) is -3.80. The number of amides is 1. The molecule has 2 aliphatic heterocycles. The number of piperidine rings is 1. The topological polar surface area (TPSA) is 102 Å². The van der Waals surface area contributed by atoms with Crippen molar-refractivity contribution in [2.24, 2.45) is 0 Å². The van der Waals surface area contributed by atoms with Crippen LogP contribution in [-0.2, 0) is 16.1 Å². The molecular weight excluding hydrogens is 646 g/mol. The molecule has 2 fully saturated rings. The molecule has 9 nitrogen and oxygen atoms in total. The van der Waals surface area contributed by atoms with Gasteiger partial charge in [-0.05, 0) is 42.2 Å². The van der Waals surface area contributed by atoms with Crippen molar-refractivity contribution in [1.29, 1.82) is 0 Å². The lowest BCUT2D eigenvalue weighted by atomic mass is 9.89. The van der Waals surface area contributed by atoms with Crippen LogP contribution in [0, 0.1) is 0 Å². The van der Waals surface area contributed by atoms with Crippen LogP contribution in [0.2, 0.25) is 10.2 Å². The molecule has 0 bridgehead atoms. The van der Waals surface area contributed by atoms with Crippen molar-refractivity contribution in [3.8, 4) is 5.69 Å². The number of hydrogen-bond acceptors (Lipinski definition) is 6. The van der Waals surface area contributed by atoms with E-state index < -0.39 is 35.6 Å². The lowest BCUT2D eigenvalue weighted by molar-refractivity contribution is -0.162. The van der Waals surface area contributed by atoms with Gasteiger partial charge in [-0.25, -0.2) is 4.98 Å². The molecule has 0 saturated carbocycles. The van der Waals surface area contributed by atoms with Gasteiger partial charge in [-0.1, -0.05) is 59.6 Å². The molecule has 2 aromatic carbocycles. The second-order valence-electron chi connectivity index (χ2n) is 11.8. The number of rotatable bonds is 7. The molecule has 2 aromatic heterocycles. The number of carbonyl (C=O) groups excluding carboxylic acids is 1. The van der Waals surface area contributed by atoms with Crippen molar-refractivity contribution in [1.82, 2.24) is 24.3 Å². The maximum atomic E-state index is 13.8. The first-order chi connectivity index (χ1) is 21.9. The van der Waals surface area contributed by atoms with Crippen molar-refractivity contribution in [2.45, 2.75) is 49.5 Å². The van der Waals surface area contributed by atoms with E-state index >= 15 is 0 Å². The second kappa shape index (κ2) is 13.0. The number of likely N-dealkylation sites (tertiary alicyclic amines) is 1. The molecule has 4 heterocycles. The summed E-state index contributed by atoms with van der Waals surface area (Å²) >= 11 is 13.2. The van der Waals surface area contributed by atoms with Gasteiger partial charge in [0.2, 0.25) is 5.91 Å². The molecule has 2 aliphatic rings. The van der Waals surface area contributed by atoms with Gasteiger partial charge < -0.3 is 20.1 Å². The molecule has 244 valence electrons.